The molecule has 0 saturated carbocycles. The van der Waals surface area contributed by atoms with Gasteiger partial charge in [-0.1, -0.05) is 81.4 Å². The number of ether oxygens (including phenoxy) is 1. The molecule has 1 aliphatic heterocycles. The molecule has 7 heteroatoms. The highest BCUT2D eigenvalue weighted by Gasteiger charge is 2.33. The predicted octanol–water partition coefficient (Wildman–Crippen LogP) is 3.24. The molecular weight excluding hydrogens is 418 g/mol. The molecule has 0 aliphatic carbocycles. The molecule has 2 aromatic rings. The minimum absolute atomic E-state index is 0.0815. The summed E-state index contributed by atoms with van der Waals surface area (Å²) >= 11 is 0. The van der Waals surface area contributed by atoms with E-state index in [0.29, 0.717) is 32.6 Å². The summed E-state index contributed by atoms with van der Waals surface area (Å²) < 4.78 is 5.35. The van der Waals surface area contributed by atoms with Crippen molar-refractivity contribution >= 4 is 17.9 Å². The van der Waals surface area contributed by atoms with Crippen molar-refractivity contribution in [3.8, 4) is 0 Å². The summed E-state index contributed by atoms with van der Waals surface area (Å²) in [6, 6.07) is 18.2. The van der Waals surface area contributed by atoms with Gasteiger partial charge in [0.15, 0.2) is 0 Å². The Hall–Kier alpha value is -3.35. The first-order chi connectivity index (χ1) is 15.7. The Morgan fingerprint density at radius 2 is 1.36 bits per heavy atom. The monoisotopic (exact) mass is 451 g/mol. The smallest absolute Gasteiger partial charge is 0.408 e. The van der Waals surface area contributed by atoms with Crippen LogP contribution in [0.15, 0.2) is 60.7 Å². The van der Waals surface area contributed by atoms with E-state index in [4.69, 9.17) is 4.74 Å². The van der Waals surface area contributed by atoms with E-state index in [1.165, 1.54) is 0 Å². The number of nitrogens with one attached hydrogen (secondary N) is 1. The standard InChI is InChI=1S/C26H33N3O4/c1-26(2,3)24(31)29-16-14-28(15-17-29)23(30)22(18-20-10-6-4-7-11-20)27-25(32)33-19-21-12-8-5-9-13-21/h4-13,22H,14-19H2,1-3H3,(H,27,32). The molecule has 0 aromatic heterocycles. The minimum Gasteiger partial charge on any atom is -0.445 e. The maximum Gasteiger partial charge on any atom is 0.408 e. The first-order valence-electron chi connectivity index (χ1n) is 11.3. The predicted molar refractivity (Wildman–Crippen MR) is 126 cm³/mol. The van der Waals surface area contributed by atoms with Gasteiger partial charge in [-0.3, -0.25) is 9.59 Å². The molecule has 33 heavy (non-hydrogen) atoms. The molecule has 2 aromatic carbocycles. The summed E-state index contributed by atoms with van der Waals surface area (Å²) in [7, 11) is 0. The number of amides is 3. The molecule has 0 radical (unpaired) electrons. The van der Waals surface area contributed by atoms with Crippen LogP contribution in [0.1, 0.15) is 31.9 Å². The van der Waals surface area contributed by atoms with Gasteiger partial charge in [0.25, 0.3) is 0 Å². The second-order valence-corrected chi connectivity index (χ2v) is 9.32. The molecule has 0 spiro atoms. The van der Waals surface area contributed by atoms with Gasteiger partial charge in [-0.2, -0.15) is 0 Å². The van der Waals surface area contributed by atoms with Crippen molar-refractivity contribution in [1.29, 1.82) is 0 Å². The van der Waals surface area contributed by atoms with Gasteiger partial charge in [0.1, 0.15) is 12.6 Å². The first-order valence-corrected chi connectivity index (χ1v) is 11.3. The van der Waals surface area contributed by atoms with Gasteiger partial charge in [-0.05, 0) is 11.1 Å². The van der Waals surface area contributed by atoms with Gasteiger partial charge in [-0.25, -0.2) is 4.79 Å². The quantitative estimate of drug-likeness (QED) is 0.731. The lowest BCUT2D eigenvalue weighted by Crippen LogP contribution is -2.57. The highest BCUT2D eigenvalue weighted by molar-refractivity contribution is 5.86. The summed E-state index contributed by atoms with van der Waals surface area (Å²) in [5.41, 5.74) is 1.37. The first kappa shape index (κ1) is 24.3. The van der Waals surface area contributed by atoms with E-state index in [1.54, 1.807) is 9.80 Å². The Morgan fingerprint density at radius 3 is 1.91 bits per heavy atom. The lowest BCUT2D eigenvalue weighted by atomic mass is 9.94. The molecule has 3 rings (SSSR count). The average molecular weight is 452 g/mol. The zero-order valence-electron chi connectivity index (χ0n) is 19.6. The highest BCUT2D eigenvalue weighted by Crippen LogP contribution is 2.19. The van der Waals surface area contributed by atoms with E-state index in [9.17, 15) is 14.4 Å². The molecule has 1 aliphatic rings. The molecule has 7 nitrogen and oxygen atoms in total. The molecule has 3 amide bonds. The maximum atomic E-state index is 13.3. The van der Waals surface area contributed by atoms with Crippen molar-refractivity contribution in [2.24, 2.45) is 5.41 Å². The van der Waals surface area contributed by atoms with E-state index >= 15 is 0 Å². The SMILES string of the molecule is CC(C)(C)C(=O)N1CCN(C(=O)C(Cc2ccccc2)NC(=O)OCc2ccccc2)CC1. The van der Waals surface area contributed by atoms with Gasteiger partial charge in [0, 0.05) is 38.0 Å². The Kier molecular flexibility index (Phi) is 8.09. The van der Waals surface area contributed by atoms with Gasteiger partial charge < -0.3 is 19.9 Å². The zero-order chi connectivity index (χ0) is 23.8. The summed E-state index contributed by atoms with van der Waals surface area (Å²) in [4.78, 5) is 41.9. The zero-order valence-corrected chi connectivity index (χ0v) is 19.6. The third kappa shape index (κ3) is 7.07. The van der Waals surface area contributed by atoms with Gasteiger partial charge in [-0.15, -0.1) is 0 Å². The number of alkyl carbamates (subject to hydrolysis) is 1. The number of piperazine rings is 1. The molecule has 1 N–H and O–H groups in total. The molecular formula is C26H33N3O4. The van der Waals surface area contributed by atoms with Gasteiger partial charge >= 0.3 is 6.09 Å². The Morgan fingerprint density at radius 1 is 0.848 bits per heavy atom. The van der Waals surface area contributed by atoms with E-state index in [0.717, 1.165) is 11.1 Å². The summed E-state index contributed by atoms with van der Waals surface area (Å²) in [6.07, 6.45) is -0.268. The molecule has 0 bridgehead atoms. The van der Waals surface area contributed by atoms with Crippen LogP contribution >= 0.6 is 0 Å². The topological polar surface area (TPSA) is 79.0 Å². The van der Waals surface area contributed by atoms with E-state index in [2.05, 4.69) is 5.32 Å². The fourth-order valence-corrected chi connectivity index (χ4v) is 3.78. The van der Waals surface area contributed by atoms with Crippen LogP contribution < -0.4 is 5.32 Å². The Balaban J connectivity index is 1.63. The van der Waals surface area contributed by atoms with Crippen molar-refractivity contribution < 1.29 is 19.1 Å². The molecule has 1 saturated heterocycles. The molecule has 1 fully saturated rings. The van der Waals surface area contributed by atoms with E-state index in [1.807, 2.05) is 81.4 Å². The summed E-state index contributed by atoms with van der Waals surface area (Å²) in [5.74, 6) is -0.0866. The van der Waals surface area contributed by atoms with Crippen molar-refractivity contribution in [2.45, 2.75) is 39.8 Å². The highest BCUT2D eigenvalue weighted by atomic mass is 16.5. The van der Waals surface area contributed by atoms with E-state index < -0.39 is 17.6 Å². The molecule has 1 atom stereocenters. The van der Waals surface area contributed by atoms with Crippen molar-refractivity contribution in [3.63, 3.8) is 0 Å². The Bertz CT molecular complexity index is 933. The molecule has 1 unspecified atom stereocenters. The van der Waals surface area contributed by atoms with Crippen LogP contribution in [-0.4, -0.2) is 59.9 Å². The normalized spacial score (nSPS) is 15.0. The number of hydrogen-bond acceptors (Lipinski definition) is 4. The van der Waals surface area contributed by atoms with Crippen LogP contribution in [0.2, 0.25) is 0 Å². The number of nitrogens with zero attached hydrogens (tertiary/aromatic N) is 2. The van der Waals surface area contributed by atoms with Crippen LogP contribution in [0.5, 0.6) is 0 Å². The van der Waals surface area contributed by atoms with Crippen LogP contribution in [0.4, 0.5) is 4.79 Å². The molecule has 176 valence electrons. The van der Waals surface area contributed by atoms with Crippen LogP contribution in [0.3, 0.4) is 0 Å². The van der Waals surface area contributed by atoms with Crippen molar-refractivity contribution in [1.82, 2.24) is 15.1 Å². The number of benzene rings is 2. The molecule has 1 heterocycles. The largest absolute Gasteiger partial charge is 0.445 e. The van der Waals surface area contributed by atoms with Gasteiger partial charge in [0.05, 0.1) is 0 Å². The van der Waals surface area contributed by atoms with E-state index in [-0.39, 0.29) is 18.4 Å². The third-order valence-corrected chi connectivity index (χ3v) is 5.61. The van der Waals surface area contributed by atoms with Crippen molar-refractivity contribution in [3.05, 3.63) is 71.8 Å². The second-order valence-electron chi connectivity index (χ2n) is 9.32. The fourth-order valence-electron chi connectivity index (χ4n) is 3.78. The van der Waals surface area contributed by atoms with Crippen LogP contribution in [0, 0.1) is 5.41 Å². The van der Waals surface area contributed by atoms with Crippen LogP contribution in [-0.2, 0) is 27.4 Å². The average Bonchev–Trinajstić information content (AvgIpc) is 2.82. The lowest BCUT2D eigenvalue weighted by Gasteiger charge is -2.38. The number of hydrogen-bond donors (Lipinski definition) is 1. The fraction of sp³-hybridized carbons (Fsp3) is 0.423. The number of rotatable bonds is 6. The lowest BCUT2D eigenvalue weighted by molar-refractivity contribution is -0.145. The summed E-state index contributed by atoms with van der Waals surface area (Å²) in [6.45, 7) is 7.66. The van der Waals surface area contributed by atoms with Gasteiger partial charge in [0.2, 0.25) is 11.8 Å². The van der Waals surface area contributed by atoms with Crippen molar-refractivity contribution in [2.75, 3.05) is 26.2 Å². The number of carbonyl (C=O) groups excluding carboxylic acids is 3. The Labute approximate surface area is 195 Å². The second kappa shape index (κ2) is 11.0. The summed E-state index contributed by atoms with van der Waals surface area (Å²) in [5, 5.41) is 2.76. The number of carbonyl (C=O) groups is 3. The minimum atomic E-state index is -0.749. The third-order valence-electron chi connectivity index (χ3n) is 5.61. The maximum absolute atomic E-state index is 13.3. The van der Waals surface area contributed by atoms with Crippen LogP contribution in [0.25, 0.3) is 0 Å².